The molecule has 1 rings (SSSR count). The van der Waals surface area contributed by atoms with Gasteiger partial charge in [0.2, 0.25) is 0 Å². The molecule has 0 aromatic carbocycles. The van der Waals surface area contributed by atoms with Gasteiger partial charge in [-0.25, -0.2) is 4.98 Å². The Bertz CT molecular complexity index is 337. The van der Waals surface area contributed by atoms with E-state index < -0.39 is 0 Å². The number of hydrogen-bond donors (Lipinski definition) is 0. The number of aromatic nitrogens is 1. The lowest BCUT2D eigenvalue weighted by atomic mass is 9.90. The molecular formula is C11H14BrNO2. The van der Waals surface area contributed by atoms with Gasteiger partial charge in [0.1, 0.15) is 4.60 Å². The van der Waals surface area contributed by atoms with E-state index in [1.807, 2.05) is 26.0 Å². The Morgan fingerprint density at radius 2 is 2.13 bits per heavy atom. The summed E-state index contributed by atoms with van der Waals surface area (Å²) in [5.74, 6) is -0.235. The molecule has 82 valence electrons. The molecule has 0 radical (unpaired) electrons. The number of carbonyl (C=O) groups is 1. The zero-order valence-electron chi connectivity index (χ0n) is 9.03. The summed E-state index contributed by atoms with van der Waals surface area (Å²) < 4.78 is 5.51. The van der Waals surface area contributed by atoms with Crippen molar-refractivity contribution in [2.45, 2.75) is 19.8 Å². The summed E-state index contributed by atoms with van der Waals surface area (Å²) >= 11 is 3.27. The van der Waals surface area contributed by atoms with Crippen LogP contribution in [0.2, 0.25) is 0 Å². The first-order chi connectivity index (χ1) is 7.06. The van der Waals surface area contributed by atoms with Gasteiger partial charge in [0.05, 0.1) is 13.0 Å². The van der Waals surface area contributed by atoms with Crippen LogP contribution in [0.5, 0.6) is 0 Å². The summed E-state index contributed by atoms with van der Waals surface area (Å²) in [6.07, 6.45) is 1.77. The van der Waals surface area contributed by atoms with E-state index in [-0.39, 0.29) is 17.8 Å². The summed E-state index contributed by atoms with van der Waals surface area (Å²) in [5.41, 5.74) is 1.04. The molecule has 0 saturated carbocycles. The van der Waals surface area contributed by atoms with E-state index in [0.29, 0.717) is 0 Å². The second-order valence-corrected chi connectivity index (χ2v) is 4.33. The zero-order valence-corrected chi connectivity index (χ0v) is 10.6. The van der Waals surface area contributed by atoms with Crippen LogP contribution in [-0.2, 0) is 9.53 Å². The van der Waals surface area contributed by atoms with E-state index in [9.17, 15) is 4.79 Å². The molecule has 2 atom stereocenters. The lowest BCUT2D eigenvalue weighted by Gasteiger charge is -2.17. The third-order valence-electron chi connectivity index (χ3n) is 2.60. The Balaban J connectivity index is 2.80. The van der Waals surface area contributed by atoms with E-state index in [1.54, 1.807) is 6.20 Å². The SMILES string of the molecule is COC(=O)C(C)C(C)c1ccc(Br)nc1. The second kappa shape index (κ2) is 5.26. The van der Waals surface area contributed by atoms with E-state index in [1.165, 1.54) is 7.11 Å². The Morgan fingerprint density at radius 1 is 1.47 bits per heavy atom. The average Bonchev–Trinajstić information content (AvgIpc) is 2.27. The Hall–Kier alpha value is -0.900. The highest BCUT2D eigenvalue weighted by atomic mass is 79.9. The first kappa shape index (κ1) is 12.2. The van der Waals surface area contributed by atoms with E-state index in [4.69, 9.17) is 4.74 Å². The molecule has 4 heteroatoms. The maximum absolute atomic E-state index is 11.3. The van der Waals surface area contributed by atoms with Crippen LogP contribution in [0.1, 0.15) is 25.3 Å². The lowest BCUT2D eigenvalue weighted by Crippen LogP contribution is -2.18. The fourth-order valence-electron chi connectivity index (χ4n) is 1.34. The predicted molar refractivity (Wildman–Crippen MR) is 61.5 cm³/mol. The summed E-state index contributed by atoms with van der Waals surface area (Å²) in [6, 6.07) is 3.83. The molecule has 0 aliphatic rings. The fourth-order valence-corrected chi connectivity index (χ4v) is 1.57. The summed E-state index contributed by atoms with van der Waals surface area (Å²) in [4.78, 5) is 15.5. The highest BCUT2D eigenvalue weighted by Crippen LogP contribution is 2.24. The van der Waals surface area contributed by atoms with Crippen molar-refractivity contribution in [1.29, 1.82) is 0 Å². The van der Waals surface area contributed by atoms with Crippen molar-refractivity contribution in [3.8, 4) is 0 Å². The molecule has 15 heavy (non-hydrogen) atoms. The molecular weight excluding hydrogens is 258 g/mol. The number of rotatable bonds is 3. The van der Waals surface area contributed by atoms with E-state index >= 15 is 0 Å². The minimum Gasteiger partial charge on any atom is -0.469 e. The van der Waals surface area contributed by atoms with Crippen LogP contribution in [0.15, 0.2) is 22.9 Å². The van der Waals surface area contributed by atoms with Crippen molar-refractivity contribution < 1.29 is 9.53 Å². The number of methoxy groups -OCH3 is 1. The van der Waals surface area contributed by atoms with E-state index in [0.717, 1.165) is 10.2 Å². The van der Waals surface area contributed by atoms with Crippen molar-refractivity contribution in [1.82, 2.24) is 4.98 Å². The number of esters is 1. The molecule has 0 fully saturated rings. The average molecular weight is 272 g/mol. The number of carbonyl (C=O) groups excluding carboxylic acids is 1. The van der Waals surface area contributed by atoms with Gasteiger partial charge in [-0.15, -0.1) is 0 Å². The highest BCUT2D eigenvalue weighted by Gasteiger charge is 2.22. The Morgan fingerprint density at radius 3 is 2.60 bits per heavy atom. The molecule has 0 saturated heterocycles. The molecule has 0 amide bonds. The van der Waals surface area contributed by atoms with Crippen LogP contribution < -0.4 is 0 Å². The van der Waals surface area contributed by atoms with Crippen LogP contribution in [-0.4, -0.2) is 18.1 Å². The number of halogens is 1. The van der Waals surface area contributed by atoms with Crippen LogP contribution >= 0.6 is 15.9 Å². The van der Waals surface area contributed by atoms with Gasteiger partial charge < -0.3 is 4.74 Å². The molecule has 0 spiro atoms. The summed E-state index contributed by atoms with van der Waals surface area (Å²) in [7, 11) is 1.41. The molecule has 2 unspecified atom stereocenters. The number of ether oxygens (including phenoxy) is 1. The summed E-state index contributed by atoms with van der Waals surface area (Å²) in [5, 5.41) is 0. The zero-order chi connectivity index (χ0) is 11.4. The lowest BCUT2D eigenvalue weighted by molar-refractivity contribution is -0.145. The van der Waals surface area contributed by atoms with Crippen LogP contribution in [0, 0.1) is 5.92 Å². The third kappa shape index (κ3) is 3.02. The van der Waals surface area contributed by atoms with Crippen molar-refractivity contribution >= 4 is 21.9 Å². The van der Waals surface area contributed by atoms with Gasteiger partial charge in [-0.1, -0.05) is 19.9 Å². The van der Waals surface area contributed by atoms with Crippen molar-refractivity contribution in [2.24, 2.45) is 5.92 Å². The Labute approximate surface area is 98.0 Å². The van der Waals surface area contributed by atoms with Crippen LogP contribution in [0.25, 0.3) is 0 Å². The maximum atomic E-state index is 11.3. The van der Waals surface area contributed by atoms with Crippen molar-refractivity contribution in [2.75, 3.05) is 7.11 Å². The molecule has 1 aromatic rings. The van der Waals surface area contributed by atoms with Gasteiger partial charge in [0, 0.05) is 6.20 Å². The van der Waals surface area contributed by atoms with Gasteiger partial charge in [-0.2, -0.15) is 0 Å². The quantitative estimate of drug-likeness (QED) is 0.627. The standard InChI is InChI=1S/C11H14BrNO2/c1-7(8(2)11(14)15-3)9-4-5-10(12)13-6-9/h4-8H,1-3H3. The van der Waals surface area contributed by atoms with Crippen LogP contribution in [0.3, 0.4) is 0 Å². The molecule has 1 aromatic heterocycles. The van der Waals surface area contributed by atoms with Gasteiger partial charge >= 0.3 is 5.97 Å². The molecule has 0 bridgehead atoms. The maximum Gasteiger partial charge on any atom is 0.308 e. The second-order valence-electron chi connectivity index (χ2n) is 3.51. The number of hydrogen-bond acceptors (Lipinski definition) is 3. The topological polar surface area (TPSA) is 39.2 Å². The molecule has 1 heterocycles. The predicted octanol–water partition coefficient (Wildman–Crippen LogP) is 2.76. The number of nitrogens with zero attached hydrogens (tertiary/aromatic N) is 1. The van der Waals surface area contributed by atoms with Gasteiger partial charge in [-0.05, 0) is 33.5 Å². The summed E-state index contributed by atoms with van der Waals surface area (Å²) in [6.45, 7) is 3.85. The van der Waals surface area contributed by atoms with Gasteiger partial charge in [0.25, 0.3) is 0 Å². The molecule has 0 aliphatic heterocycles. The highest BCUT2D eigenvalue weighted by molar-refractivity contribution is 9.10. The van der Waals surface area contributed by atoms with Crippen molar-refractivity contribution in [3.63, 3.8) is 0 Å². The smallest absolute Gasteiger partial charge is 0.308 e. The monoisotopic (exact) mass is 271 g/mol. The largest absolute Gasteiger partial charge is 0.469 e. The van der Waals surface area contributed by atoms with Gasteiger partial charge in [0.15, 0.2) is 0 Å². The first-order valence-electron chi connectivity index (χ1n) is 4.75. The molecule has 0 N–H and O–H groups in total. The fraction of sp³-hybridized carbons (Fsp3) is 0.455. The van der Waals surface area contributed by atoms with Crippen molar-refractivity contribution in [3.05, 3.63) is 28.5 Å². The minimum atomic E-state index is -0.189. The van der Waals surface area contributed by atoms with E-state index in [2.05, 4.69) is 20.9 Å². The minimum absolute atomic E-state index is 0.109. The molecule has 0 aliphatic carbocycles. The van der Waals surface area contributed by atoms with Crippen LogP contribution in [0.4, 0.5) is 0 Å². The Kier molecular flexibility index (Phi) is 4.27. The third-order valence-corrected chi connectivity index (χ3v) is 3.07. The first-order valence-corrected chi connectivity index (χ1v) is 5.55. The normalized spacial score (nSPS) is 14.4. The van der Waals surface area contributed by atoms with Gasteiger partial charge in [-0.3, -0.25) is 4.79 Å². The molecule has 3 nitrogen and oxygen atoms in total. The number of pyridine rings is 1.